The Hall–Kier alpha value is -1.55. The van der Waals surface area contributed by atoms with Crippen molar-refractivity contribution in [1.29, 1.82) is 0 Å². The summed E-state index contributed by atoms with van der Waals surface area (Å²) in [5.74, 6) is 0.644. The number of hydrogen-bond acceptors (Lipinski definition) is 4. The predicted molar refractivity (Wildman–Crippen MR) is 75.2 cm³/mol. The number of hydrogen-bond donors (Lipinski definition) is 1. The van der Waals surface area contributed by atoms with E-state index in [1.54, 1.807) is 0 Å². The van der Waals surface area contributed by atoms with Crippen LogP contribution in [0.5, 0.6) is 5.75 Å². The summed E-state index contributed by atoms with van der Waals surface area (Å²) in [6, 6.07) is 8.03. The maximum atomic E-state index is 10.9. The third kappa shape index (κ3) is 6.82. The first-order chi connectivity index (χ1) is 9.26. The SMILES string of the molecule is CCCNCc1ccc(OCCCC(=O)OC)cc1. The molecule has 106 valence electrons. The molecule has 0 bridgehead atoms. The second-order valence-corrected chi connectivity index (χ2v) is 4.35. The van der Waals surface area contributed by atoms with Crippen molar-refractivity contribution in [2.75, 3.05) is 20.3 Å². The van der Waals surface area contributed by atoms with Gasteiger partial charge in [-0.25, -0.2) is 0 Å². The van der Waals surface area contributed by atoms with Crippen molar-refractivity contribution in [3.05, 3.63) is 29.8 Å². The Kier molecular flexibility index (Phi) is 7.66. The van der Waals surface area contributed by atoms with E-state index in [0.717, 1.165) is 25.3 Å². The lowest BCUT2D eigenvalue weighted by molar-refractivity contribution is -0.140. The van der Waals surface area contributed by atoms with Crippen LogP contribution in [0.3, 0.4) is 0 Å². The fraction of sp³-hybridized carbons (Fsp3) is 0.533. The first-order valence-electron chi connectivity index (χ1n) is 6.75. The van der Waals surface area contributed by atoms with E-state index in [-0.39, 0.29) is 5.97 Å². The Morgan fingerprint density at radius 2 is 2.00 bits per heavy atom. The molecule has 0 aromatic heterocycles. The Morgan fingerprint density at radius 3 is 2.63 bits per heavy atom. The Balaban J connectivity index is 2.22. The maximum absolute atomic E-state index is 10.9. The standard InChI is InChI=1S/C15H23NO3/c1-3-10-16-12-13-6-8-14(9-7-13)19-11-4-5-15(17)18-2/h6-9,16H,3-5,10-12H2,1-2H3. The fourth-order valence-corrected chi connectivity index (χ4v) is 1.62. The van der Waals surface area contributed by atoms with Gasteiger partial charge in [-0.15, -0.1) is 0 Å². The number of benzene rings is 1. The number of nitrogens with one attached hydrogen (secondary N) is 1. The molecule has 0 heterocycles. The molecule has 1 aromatic rings. The van der Waals surface area contributed by atoms with E-state index in [2.05, 4.69) is 29.1 Å². The summed E-state index contributed by atoms with van der Waals surface area (Å²) in [6.07, 6.45) is 2.21. The van der Waals surface area contributed by atoms with Gasteiger partial charge in [-0.05, 0) is 37.1 Å². The van der Waals surface area contributed by atoms with Crippen molar-refractivity contribution in [2.24, 2.45) is 0 Å². The van der Waals surface area contributed by atoms with Gasteiger partial charge in [-0.2, -0.15) is 0 Å². The third-order valence-corrected chi connectivity index (χ3v) is 2.70. The van der Waals surface area contributed by atoms with Crippen LogP contribution in [0.15, 0.2) is 24.3 Å². The second-order valence-electron chi connectivity index (χ2n) is 4.35. The van der Waals surface area contributed by atoms with Crippen molar-refractivity contribution < 1.29 is 14.3 Å². The van der Waals surface area contributed by atoms with Gasteiger partial charge in [0.05, 0.1) is 13.7 Å². The van der Waals surface area contributed by atoms with Crippen molar-refractivity contribution in [3.8, 4) is 5.75 Å². The van der Waals surface area contributed by atoms with Gasteiger partial charge in [0.25, 0.3) is 0 Å². The zero-order valence-corrected chi connectivity index (χ0v) is 11.8. The average molecular weight is 265 g/mol. The molecule has 0 saturated heterocycles. The number of methoxy groups -OCH3 is 1. The molecule has 0 amide bonds. The monoisotopic (exact) mass is 265 g/mol. The highest BCUT2D eigenvalue weighted by Crippen LogP contribution is 2.12. The van der Waals surface area contributed by atoms with Crippen LogP contribution in [-0.2, 0) is 16.1 Å². The largest absolute Gasteiger partial charge is 0.494 e. The minimum Gasteiger partial charge on any atom is -0.494 e. The molecule has 1 aromatic carbocycles. The summed E-state index contributed by atoms with van der Waals surface area (Å²) in [5, 5.41) is 3.35. The molecule has 4 heteroatoms. The second kappa shape index (κ2) is 9.39. The molecule has 0 aliphatic heterocycles. The van der Waals surface area contributed by atoms with E-state index < -0.39 is 0 Å². The smallest absolute Gasteiger partial charge is 0.305 e. The summed E-state index contributed by atoms with van der Waals surface area (Å²) in [6.45, 7) is 4.60. The molecule has 1 N–H and O–H groups in total. The van der Waals surface area contributed by atoms with E-state index in [9.17, 15) is 4.79 Å². The van der Waals surface area contributed by atoms with Crippen LogP contribution < -0.4 is 10.1 Å². The summed E-state index contributed by atoms with van der Waals surface area (Å²) >= 11 is 0. The summed E-state index contributed by atoms with van der Waals surface area (Å²) in [5.41, 5.74) is 1.25. The number of ether oxygens (including phenoxy) is 2. The zero-order chi connectivity index (χ0) is 13.9. The van der Waals surface area contributed by atoms with E-state index >= 15 is 0 Å². The molecular formula is C15H23NO3. The molecule has 0 radical (unpaired) electrons. The molecule has 0 aliphatic rings. The summed E-state index contributed by atoms with van der Waals surface area (Å²) < 4.78 is 10.1. The topological polar surface area (TPSA) is 47.6 Å². The summed E-state index contributed by atoms with van der Waals surface area (Å²) in [4.78, 5) is 10.9. The molecule has 0 spiro atoms. The van der Waals surface area contributed by atoms with Crippen LogP contribution in [0.4, 0.5) is 0 Å². The Bertz CT molecular complexity index is 362. The molecule has 0 atom stereocenters. The number of esters is 1. The molecule has 4 nitrogen and oxygen atoms in total. The lowest BCUT2D eigenvalue weighted by Crippen LogP contribution is -2.13. The first kappa shape index (κ1) is 15.5. The van der Waals surface area contributed by atoms with Crippen molar-refractivity contribution in [1.82, 2.24) is 5.32 Å². The average Bonchev–Trinajstić information content (AvgIpc) is 2.45. The molecule has 0 aliphatic carbocycles. The van der Waals surface area contributed by atoms with Crippen LogP contribution in [0, 0.1) is 0 Å². The van der Waals surface area contributed by atoms with Crippen LogP contribution in [0.1, 0.15) is 31.7 Å². The highest BCUT2D eigenvalue weighted by molar-refractivity contribution is 5.69. The molecule has 1 rings (SSSR count). The lowest BCUT2D eigenvalue weighted by atomic mass is 10.2. The van der Waals surface area contributed by atoms with E-state index in [4.69, 9.17) is 4.74 Å². The van der Waals surface area contributed by atoms with Crippen LogP contribution in [0.25, 0.3) is 0 Å². The van der Waals surface area contributed by atoms with Gasteiger partial charge in [-0.1, -0.05) is 19.1 Å². The quantitative estimate of drug-likeness (QED) is 0.550. The van der Waals surface area contributed by atoms with Gasteiger partial charge in [-0.3, -0.25) is 4.79 Å². The lowest BCUT2D eigenvalue weighted by Gasteiger charge is -2.07. The van der Waals surface area contributed by atoms with Gasteiger partial charge in [0, 0.05) is 13.0 Å². The minimum atomic E-state index is -0.194. The normalized spacial score (nSPS) is 10.2. The summed E-state index contributed by atoms with van der Waals surface area (Å²) in [7, 11) is 1.40. The predicted octanol–water partition coefficient (Wildman–Crippen LogP) is 2.52. The van der Waals surface area contributed by atoms with E-state index in [0.29, 0.717) is 19.4 Å². The third-order valence-electron chi connectivity index (χ3n) is 2.70. The van der Waals surface area contributed by atoms with Gasteiger partial charge >= 0.3 is 5.97 Å². The van der Waals surface area contributed by atoms with E-state index in [1.807, 2.05) is 12.1 Å². The maximum Gasteiger partial charge on any atom is 0.305 e. The zero-order valence-electron chi connectivity index (χ0n) is 11.8. The van der Waals surface area contributed by atoms with Crippen molar-refractivity contribution in [2.45, 2.75) is 32.7 Å². The molecule has 19 heavy (non-hydrogen) atoms. The number of carbonyl (C=O) groups excluding carboxylic acids is 1. The highest BCUT2D eigenvalue weighted by Gasteiger charge is 2.00. The van der Waals surface area contributed by atoms with Crippen molar-refractivity contribution >= 4 is 5.97 Å². The van der Waals surface area contributed by atoms with Gasteiger partial charge in [0.2, 0.25) is 0 Å². The number of rotatable bonds is 9. The van der Waals surface area contributed by atoms with E-state index in [1.165, 1.54) is 12.7 Å². The Labute approximate surface area is 115 Å². The van der Waals surface area contributed by atoms with Gasteiger partial charge in [0.15, 0.2) is 0 Å². The molecule has 0 saturated carbocycles. The molecule has 0 fully saturated rings. The molecular weight excluding hydrogens is 242 g/mol. The highest BCUT2D eigenvalue weighted by atomic mass is 16.5. The minimum absolute atomic E-state index is 0.194. The van der Waals surface area contributed by atoms with Crippen LogP contribution in [-0.4, -0.2) is 26.2 Å². The first-order valence-corrected chi connectivity index (χ1v) is 6.75. The number of carbonyl (C=O) groups is 1. The van der Waals surface area contributed by atoms with Gasteiger partial charge in [0.1, 0.15) is 5.75 Å². The van der Waals surface area contributed by atoms with Gasteiger partial charge < -0.3 is 14.8 Å². The van der Waals surface area contributed by atoms with Crippen LogP contribution >= 0.6 is 0 Å². The molecule has 0 unspecified atom stereocenters. The van der Waals surface area contributed by atoms with Crippen LogP contribution in [0.2, 0.25) is 0 Å². The fourth-order valence-electron chi connectivity index (χ4n) is 1.62. The Morgan fingerprint density at radius 1 is 1.26 bits per heavy atom. The van der Waals surface area contributed by atoms with Crippen molar-refractivity contribution in [3.63, 3.8) is 0 Å².